The lowest BCUT2D eigenvalue weighted by molar-refractivity contribution is 0.00718. The van der Waals surface area contributed by atoms with Crippen molar-refractivity contribution in [3.8, 4) is 11.8 Å². The lowest BCUT2D eigenvalue weighted by Crippen LogP contribution is -2.35. The number of nitrogens with zero attached hydrogens (tertiary/aromatic N) is 4. The van der Waals surface area contributed by atoms with Crippen LogP contribution in [0.5, 0.6) is 11.8 Å². The fraction of sp³-hybridized carbons (Fsp3) is 0.354. The Kier molecular flexibility index (Phi) is 21.3. The van der Waals surface area contributed by atoms with Crippen molar-refractivity contribution in [3.05, 3.63) is 214 Å². The van der Waals surface area contributed by atoms with Gasteiger partial charge in [-0.3, -0.25) is 0 Å². The first-order chi connectivity index (χ1) is 34.4. The van der Waals surface area contributed by atoms with Gasteiger partial charge in [-0.15, -0.1) is 0 Å². The number of benzene rings is 6. The zero-order chi connectivity index (χ0) is 50.4. The van der Waals surface area contributed by atoms with Gasteiger partial charge in [0.25, 0.3) is 0 Å². The Labute approximate surface area is 437 Å². The number of hydrogen-bond acceptors (Lipinski definition) is 8. The quantitative estimate of drug-likeness (QED) is 0.0688. The second kappa shape index (κ2) is 27.0. The molecule has 386 valence electrons. The first kappa shape index (κ1) is 57.5. The fourth-order valence-corrected chi connectivity index (χ4v) is 10.3. The summed E-state index contributed by atoms with van der Waals surface area (Å²) >= 11 is 0. The van der Waals surface area contributed by atoms with Gasteiger partial charge in [-0.05, 0) is 163 Å². The van der Waals surface area contributed by atoms with Gasteiger partial charge >= 0.3 is 0 Å². The van der Waals surface area contributed by atoms with Crippen LogP contribution in [0, 0.1) is 6.92 Å². The van der Waals surface area contributed by atoms with Crippen molar-refractivity contribution < 1.29 is 19.7 Å². The van der Waals surface area contributed by atoms with Crippen LogP contribution in [0.15, 0.2) is 170 Å². The lowest BCUT2D eigenvalue weighted by Gasteiger charge is -2.38. The van der Waals surface area contributed by atoms with Gasteiger partial charge in [-0.25, -0.2) is 9.97 Å². The first-order valence-electron chi connectivity index (χ1n) is 25.3. The van der Waals surface area contributed by atoms with E-state index in [2.05, 4.69) is 165 Å². The van der Waals surface area contributed by atoms with Crippen LogP contribution in [-0.2, 0) is 17.6 Å². The largest absolute Gasteiger partial charge is 0.481 e. The van der Waals surface area contributed by atoms with E-state index in [4.69, 9.17) is 14.5 Å². The summed E-state index contributed by atoms with van der Waals surface area (Å²) in [6.45, 7) is 6.13. The van der Waals surface area contributed by atoms with Gasteiger partial charge in [0, 0.05) is 33.7 Å². The Morgan fingerprint density at radius 1 is 0.479 bits per heavy atom. The van der Waals surface area contributed by atoms with E-state index < -0.39 is 11.2 Å². The predicted octanol–water partition coefficient (Wildman–Crippen LogP) is 14.1. The normalized spacial score (nSPS) is 13.7. The number of hydrogen-bond donors (Lipinski definition) is 2. The molecule has 0 fully saturated rings. The third-order valence-electron chi connectivity index (χ3n) is 13.9. The molecule has 2 aromatic heterocycles. The summed E-state index contributed by atoms with van der Waals surface area (Å²) in [6.07, 6.45) is 6.11. The molecular weight excluding hydrogens is 901 g/mol. The van der Waals surface area contributed by atoms with Crippen molar-refractivity contribution >= 4 is 21.8 Å². The smallest absolute Gasteiger partial charge is 0.216 e. The SMILES string of the molecule is C.C.CCc1cc2cc(C(c3ccccc3)C(O)(CCCCN(C)C)c3ccccc3)ccc2nc1OC.COc1nc2ccc(C(c3ccccc3)C(O)(CCCCN(C)C)c3ccccc3)cc2cc1C. The van der Waals surface area contributed by atoms with Crippen LogP contribution in [0.25, 0.3) is 21.8 Å². The molecular formula is C65H82N4O4. The Hall–Kier alpha value is -6.42. The van der Waals surface area contributed by atoms with E-state index in [1.54, 1.807) is 14.2 Å². The second-order valence-electron chi connectivity index (χ2n) is 19.5. The number of aliphatic hydroxyl groups is 2. The molecule has 0 aliphatic heterocycles. The van der Waals surface area contributed by atoms with E-state index in [-0.39, 0.29) is 26.7 Å². The molecule has 0 saturated carbocycles. The third kappa shape index (κ3) is 14.0. The van der Waals surface area contributed by atoms with Crippen LogP contribution >= 0.6 is 0 Å². The Morgan fingerprint density at radius 3 is 1.25 bits per heavy atom. The maximum Gasteiger partial charge on any atom is 0.216 e. The summed E-state index contributed by atoms with van der Waals surface area (Å²) in [6, 6.07) is 58.1. The Balaban J connectivity index is 0.000000264. The van der Waals surface area contributed by atoms with Crippen molar-refractivity contribution in [1.82, 2.24) is 19.8 Å². The monoisotopic (exact) mass is 983 g/mol. The molecule has 2 N–H and O–H groups in total. The molecule has 8 nitrogen and oxygen atoms in total. The number of unbranched alkanes of at least 4 members (excludes halogenated alkanes) is 2. The van der Waals surface area contributed by atoms with Gasteiger partial charge < -0.3 is 29.5 Å². The fourth-order valence-electron chi connectivity index (χ4n) is 10.3. The third-order valence-corrected chi connectivity index (χ3v) is 13.9. The van der Waals surface area contributed by atoms with Crippen LogP contribution in [-0.4, -0.2) is 85.5 Å². The molecule has 0 bridgehead atoms. The molecule has 8 heteroatoms. The van der Waals surface area contributed by atoms with Gasteiger partial charge in [0.05, 0.1) is 25.3 Å². The van der Waals surface area contributed by atoms with Crippen molar-refractivity contribution in [2.75, 3.05) is 55.5 Å². The second-order valence-corrected chi connectivity index (χ2v) is 19.5. The predicted molar refractivity (Wildman–Crippen MR) is 306 cm³/mol. The Morgan fingerprint density at radius 2 is 0.863 bits per heavy atom. The minimum atomic E-state index is -1.06. The molecule has 6 aromatic carbocycles. The summed E-state index contributed by atoms with van der Waals surface area (Å²) in [5.41, 5.74) is 8.01. The van der Waals surface area contributed by atoms with Gasteiger partial charge in [0.15, 0.2) is 0 Å². The van der Waals surface area contributed by atoms with Crippen molar-refractivity contribution in [2.24, 2.45) is 0 Å². The topological polar surface area (TPSA) is 91.2 Å². The molecule has 8 aromatic rings. The highest BCUT2D eigenvalue weighted by Gasteiger charge is 2.41. The lowest BCUT2D eigenvalue weighted by atomic mass is 9.71. The number of fused-ring (bicyclic) bond motifs is 2. The number of aryl methyl sites for hydroxylation is 2. The summed E-state index contributed by atoms with van der Waals surface area (Å²) < 4.78 is 10.9. The summed E-state index contributed by atoms with van der Waals surface area (Å²) in [7, 11) is 11.7. The van der Waals surface area contributed by atoms with Gasteiger partial charge in [-0.1, -0.05) is 155 Å². The molecule has 4 unspecified atom stereocenters. The van der Waals surface area contributed by atoms with Gasteiger partial charge in [0.1, 0.15) is 11.2 Å². The van der Waals surface area contributed by atoms with Gasteiger partial charge in [0.2, 0.25) is 11.8 Å². The maximum atomic E-state index is 12.6. The van der Waals surface area contributed by atoms with Crippen LogP contribution in [0.3, 0.4) is 0 Å². The molecule has 0 amide bonds. The van der Waals surface area contributed by atoms with Crippen molar-refractivity contribution in [1.29, 1.82) is 0 Å². The first-order valence-corrected chi connectivity index (χ1v) is 25.3. The number of pyridine rings is 2. The summed E-state index contributed by atoms with van der Waals surface area (Å²) in [4.78, 5) is 13.8. The van der Waals surface area contributed by atoms with E-state index >= 15 is 0 Å². The zero-order valence-corrected chi connectivity index (χ0v) is 43.2. The van der Waals surface area contributed by atoms with E-state index in [9.17, 15) is 10.2 Å². The van der Waals surface area contributed by atoms with Crippen molar-refractivity contribution in [2.45, 2.75) is 96.7 Å². The summed E-state index contributed by atoms with van der Waals surface area (Å²) in [5.74, 6) is 0.875. The highest BCUT2D eigenvalue weighted by Crippen LogP contribution is 2.47. The average Bonchev–Trinajstić information content (AvgIpc) is 3.39. The minimum Gasteiger partial charge on any atom is -0.481 e. The van der Waals surface area contributed by atoms with Crippen LogP contribution in [0.4, 0.5) is 0 Å². The molecule has 4 atom stereocenters. The molecule has 73 heavy (non-hydrogen) atoms. The van der Waals surface area contributed by atoms with E-state index in [0.29, 0.717) is 24.6 Å². The number of methoxy groups -OCH3 is 2. The maximum absolute atomic E-state index is 12.6. The molecule has 8 rings (SSSR count). The number of ether oxygens (including phenoxy) is 2. The average molecular weight is 983 g/mol. The van der Waals surface area contributed by atoms with Crippen LogP contribution in [0.1, 0.15) is 117 Å². The summed E-state index contributed by atoms with van der Waals surface area (Å²) in [5, 5.41) is 27.3. The van der Waals surface area contributed by atoms with Crippen LogP contribution in [0.2, 0.25) is 0 Å². The highest BCUT2D eigenvalue weighted by molar-refractivity contribution is 5.82. The molecule has 0 aliphatic carbocycles. The zero-order valence-electron chi connectivity index (χ0n) is 43.2. The molecule has 0 spiro atoms. The number of aromatic nitrogens is 2. The molecule has 2 heterocycles. The van der Waals surface area contributed by atoms with E-state index in [1.807, 2.05) is 61.5 Å². The standard InChI is InChI=1S/C32H38N2O2.C31H36N2O2.2CH4/c1-5-24-22-27-23-26(18-19-29(27)33-31(24)36-4)30(25-14-8-6-9-15-25)32(35,20-12-13-21-34(2)3)28-16-10-7-11-17-28;1-23-21-26-22-25(17-18-28(26)32-30(23)35-4)29(24-13-7-5-8-14-24)31(34,19-11-12-20-33(2)3)27-15-9-6-10-16-27;;/h6-11,14-19,22-23,30,35H,5,12-13,20-21H2,1-4H3;5-10,13-18,21-22,29,34H,11-12,19-20H2,1-4H3;2*1H4. The van der Waals surface area contributed by atoms with Crippen LogP contribution < -0.4 is 9.47 Å². The van der Waals surface area contributed by atoms with Crippen molar-refractivity contribution in [3.63, 3.8) is 0 Å². The van der Waals surface area contributed by atoms with E-state index in [1.165, 1.54) is 0 Å². The van der Waals surface area contributed by atoms with E-state index in [0.717, 1.165) is 112 Å². The highest BCUT2D eigenvalue weighted by atomic mass is 16.5. The van der Waals surface area contributed by atoms with Gasteiger partial charge in [-0.2, -0.15) is 0 Å². The molecule has 0 aliphatic rings. The molecule has 0 saturated heterocycles. The number of rotatable bonds is 21. The minimum absolute atomic E-state index is 0. The molecule has 0 radical (unpaired) electrons. The Bertz CT molecular complexity index is 2900.